The van der Waals surface area contributed by atoms with Gasteiger partial charge in [-0.3, -0.25) is 14.3 Å². The molecule has 3 N–H and O–H groups in total. The highest BCUT2D eigenvalue weighted by Crippen LogP contribution is 2.66. The molecule has 7 nitrogen and oxygen atoms in total. The molecule has 0 aliphatic heterocycles. The number of hydrogen-bond donors (Lipinski definition) is 3. The van der Waals surface area contributed by atoms with Crippen molar-refractivity contribution in [2.75, 3.05) is 0 Å². The summed E-state index contributed by atoms with van der Waals surface area (Å²) in [6.07, 6.45) is 17.0. The van der Waals surface area contributed by atoms with Gasteiger partial charge >= 0.3 is 0 Å². The van der Waals surface area contributed by atoms with Gasteiger partial charge in [0.2, 0.25) is 0 Å². The van der Waals surface area contributed by atoms with E-state index in [0.29, 0.717) is 10.8 Å². The minimum Gasteiger partial charge on any atom is -0.481 e. The summed E-state index contributed by atoms with van der Waals surface area (Å²) >= 11 is 0. The molecule has 0 unspecified atom stereocenters. The number of benzene rings is 1. The molecule has 4 aliphatic carbocycles. The van der Waals surface area contributed by atoms with Crippen LogP contribution in [0, 0.1) is 28.6 Å². The van der Waals surface area contributed by atoms with E-state index in [1.165, 1.54) is 49.8 Å². The van der Waals surface area contributed by atoms with Gasteiger partial charge in [0, 0.05) is 19.3 Å². The molecule has 0 spiro atoms. The molecule has 1 aromatic heterocycles. The molecule has 0 bridgehead atoms. The first-order valence-electron chi connectivity index (χ1n) is 14.1. The van der Waals surface area contributed by atoms with Crippen LogP contribution in [0.5, 0.6) is 0 Å². The van der Waals surface area contributed by atoms with Crippen molar-refractivity contribution in [3.63, 3.8) is 0 Å². The number of aromatic nitrogens is 1. The Morgan fingerprint density at radius 1 is 0.950 bits per heavy atom. The van der Waals surface area contributed by atoms with Gasteiger partial charge in [-0.1, -0.05) is 55.8 Å². The van der Waals surface area contributed by atoms with Crippen LogP contribution in [0.4, 0.5) is 0 Å². The van der Waals surface area contributed by atoms with E-state index in [-0.39, 0.29) is 11.0 Å². The van der Waals surface area contributed by atoms with Crippen molar-refractivity contribution in [1.82, 2.24) is 4.98 Å². The Hall–Kier alpha value is -2.81. The lowest BCUT2D eigenvalue weighted by atomic mass is 9.47. The molecular formula is C32H41NO6S. The van der Waals surface area contributed by atoms with E-state index in [9.17, 15) is 13.5 Å². The average molecular weight is 568 g/mol. The van der Waals surface area contributed by atoms with Gasteiger partial charge in [0.15, 0.2) is 0 Å². The molecule has 0 saturated heterocycles. The smallest absolute Gasteiger partial charge is 0.300 e. The third-order valence-electron chi connectivity index (χ3n) is 9.67. The minimum absolute atomic E-state index is 0.0741. The van der Waals surface area contributed by atoms with Crippen molar-refractivity contribution >= 4 is 21.7 Å². The van der Waals surface area contributed by atoms with Crippen LogP contribution in [0.1, 0.15) is 71.3 Å². The number of pyridine rings is 1. The largest absolute Gasteiger partial charge is 0.481 e. The van der Waals surface area contributed by atoms with Crippen LogP contribution in [-0.2, 0) is 14.9 Å². The Labute approximate surface area is 237 Å². The Kier molecular flexibility index (Phi) is 9.02. The fourth-order valence-electron chi connectivity index (χ4n) is 7.77. The van der Waals surface area contributed by atoms with Crippen molar-refractivity contribution in [3.8, 4) is 0 Å². The Morgan fingerprint density at radius 3 is 2.23 bits per heavy atom. The van der Waals surface area contributed by atoms with Gasteiger partial charge in [-0.2, -0.15) is 8.42 Å². The van der Waals surface area contributed by atoms with Crippen molar-refractivity contribution < 1.29 is 28.0 Å². The van der Waals surface area contributed by atoms with E-state index < -0.39 is 16.1 Å². The van der Waals surface area contributed by atoms with Crippen LogP contribution in [0.25, 0.3) is 5.57 Å². The zero-order chi connectivity index (χ0) is 29.1. The lowest BCUT2D eigenvalue weighted by Crippen LogP contribution is -2.49. The van der Waals surface area contributed by atoms with Crippen LogP contribution in [-0.4, -0.2) is 40.2 Å². The predicted molar refractivity (Wildman–Crippen MR) is 155 cm³/mol. The summed E-state index contributed by atoms with van der Waals surface area (Å²) in [4.78, 5) is 13.3. The van der Waals surface area contributed by atoms with E-state index >= 15 is 0 Å². The van der Waals surface area contributed by atoms with Crippen molar-refractivity contribution in [2.45, 2.75) is 76.7 Å². The van der Waals surface area contributed by atoms with Crippen LogP contribution >= 0.6 is 0 Å². The fourth-order valence-corrected chi connectivity index (χ4v) is 8.27. The quantitative estimate of drug-likeness (QED) is 0.282. The minimum atomic E-state index is -4.00. The van der Waals surface area contributed by atoms with Gasteiger partial charge in [-0.05, 0) is 103 Å². The van der Waals surface area contributed by atoms with E-state index in [1.54, 1.807) is 29.3 Å². The zero-order valence-corrected chi connectivity index (χ0v) is 24.3. The summed E-state index contributed by atoms with van der Waals surface area (Å²) in [5, 5.41) is 17.6. The second-order valence-corrected chi connectivity index (χ2v) is 13.4. The number of fused-ring (bicyclic) bond motifs is 5. The molecule has 6 rings (SSSR count). The van der Waals surface area contributed by atoms with Gasteiger partial charge in [0.05, 0.1) is 11.0 Å². The molecule has 4 aliphatic rings. The number of aliphatic hydroxyl groups is 1. The first kappa shape index (κ1) is 30.2. The standard InChI is InChI=1S/C24H31NO.C6H6O3S.C2H4O2/c1-23-11-9-18(26)14-17(23)5-6-19-21-8-7-20(16-4-3-13-25-15-16)24(21,2)12-10-22(19)23;7-10(8,9)6-4-2-1-3-5-6;1-2(3)4/h3-5,7,13,15,18-19,21-22,26H,6,8-12,14H2,1-2H3;1-5H,(H,7,8,9);1H3,(H,3,4)/t18-,19-,21-,22-,23-,24+;;/m0../s1. The second-order valence-electron chi connectivity index (χ2n) is 12.0. The third kappa shape index (κ3) is 6.24. The van der Waals surface area contributed by atoms with Crippen molar-refractivity contribution in [1.29, 1.82) is 0 Å². The molecule has 1 heterocycles. The SMILES string of the molecule is CC(=O)O.C[C@]12CC[C@H](O)CC1=CC[C@@H]1[C@@H]2CC[C@]2(C)C(c3cccnc3)=CC[C@@H]12.O=S(=O)(O)c1ccccc1. The highest BCUT2D eigenvalue weighted by atomic mass is 32.2. The lowest BCUT2D eigenvalue weighted by molar-refractivity contribution is -0.134. The lowest BCUT2D eigenvalue weighted by Gasteiger charge is -2.57. The summed E-state index contributed by atoms with van der Waals surface area (Å²) < 4.78 is 29.2. The molecule has 40 heavy (non-hydrogen) atoms. The zero-order valence-electron chi connectivity index (χ0n) is 23.5. The monoisotopic (exact) mass is 567 g/mol. The highest BCUT2D eigenvalue weighted by molar-refractivity contribution is 7.85. The highest BCUT2D eigenvalue weighted by Gasteiger charge is 2.56. The molecule has 2 saturated carbocycles. The second kappa shape index (κ2) is 12.0. The maximum absolute atomic E-state index is 10.4. The van der Waals surface area contributed by atoms with Crippen molar-refractivity contribution in [2.24, 2.45) is 28.6 Å². The molecule has 216 valence electrons. The maximum Gasteiger partial charge on any atom is 0.300 e. The number of rotatable bonds is 2. The Morgan fingerprint density at radius 2 is 1.62 bits per heavy atom. The topological polar surface area (TPSA) is 125 Å². The van der Waals surface area contributed by atoms with E-state index in [2.05, 4.69) is 43.1 Å². The predicted octanol–water partition coefficient (Wildman–Crippen LogP) is 6.42. The molecule has 6 atom stereocenters. The molecular weight excluding hydrogens is 526 g/mol. The third-order valence-corrected chi connectivity index (χ3v) is 10.5. The normalized spacial score (nSPS) is 32.3. The molecule has 8 heteroatoms. The van der Waals surface area contributed by atoms with Gasteiger partial charge in [-0.25, -0.2) is 0 Å². The number of aliphatic carboxylic acids is 1. The van der Waals surface area contributed by atoms with E-state index in [4.69, 9.17) is 14.5 Å². The molecule has 0 radical (unpaired) electrons. The van der Waals surface area contributed by atoms with Crippen LogP contribution in [0.3, 0.4) is 0 Å². The molecule has 2 aromatic rings. The molecule has 1 aromatic carbocycles. The Balaban J connectivity index is 0.000000220. The fraction of sp³-hybridized carbons (Fsp3) is 0.500. The van der Waals surface area contributed by atoms with Gasteiger partial charge in [-0.15, -0.1) is 0 Å². The molecule has 0 amide bonds. The van der Waals surface area contributed by atoms with E-state index in [1.807, 2.05) is 12.4 Å². The van der Waals surface area contributed by atoms with Gasteiger partial charge in [0.1, 0.15) is 0 Å². The van der Waals surface area contributed by atoms with Crippen LogP contribution in [0.2, 0.25) is 0 Å². The number of carbonyl (C=O) groups is 1. The summed E-state index contributed by atoms with van der Waals surface area (Å²) in [5.74, 6) is 1.52. The summed E-state index contributed by atoms with van der Waals surface area (Å²) in [6, 6.07) is 11.7. The average Bonchev–Trinajstić information content (AvgIpc) is 3.27. The summed E-state index contributed by atoms with van der Waals surface area (Å²) in [6.45, 7) is 6.11. The maximum atomic E-state index is 10.4. The van der Waals surface area contributed by atoms with E-state index in [0.717, 1.165) is 37.5 Å². The number of aliphatic hydroxyl groups excluding tert-OH is 1. The summed E-state index contributed by atoms with van der Waals surface area (Å²) in [5.41, 5.74) is 5.09. The van der Waals surface area contributed by atoms with Gasteiger partial charge in [0.25, 0.3) is 16.1 Å². The van der Waals surface area contributed by atoms with Gasteiger partial charge < -0.3 is 10.2 Å². The number of hydrogen-bond acceptors (Lipinski definition) is 5. The first-order valence-corrected chi connectivity index (χ1v) is 15.5. The number of allylic oxidation sites excluding steroid dienone is 3. The van der Waals surface area contributed by atoms with Crippen LogP contribution < -0.4 is 0 Å². The molecule has 2 fully saturated rings. The summed E-state index contributed by atoms with van der Waals surface area (Å²) in [7, 11) is -4.00. The van der Waals surface area contributed by atoms with Crippen molar-refractivity contribution in [3.05, 3.63) is 78.1 Å². The number of carboxylic acid groups (broad SMARTS) is 1. The van der Waals surface area contributed by atoms with Crippen LogP contribution in [0.15, 0.2) is 77.5 Å². The number of carboxylic acids is 1. The number of nitrogens with zero attached hydrogens (tertiary/aromatic N) is 1. The Bertz CT molecular complexity index is 1350. The first-order chi connectivity index (χ1) is 18.9.